The highest BCUT2D eigenvalue weighted by Crippen LogP contribution is 2.27. The van der Waals surface area contributed by atoms with Gasteiger partial charge in [-0.2, -0.15) is 0 Å². The number of halogens is 1. The van der Waals surface area contributed by atoms with Crippen LogP contribution in [0.3, 0.4) is 0 Å². The Bertz CT molecular complexity index is 564. The second-order valence-electron chi connectivity index (χ2n) is 5.51. The van der Waals surface area contributed by atoms with Crippen LogP contribution in [-0.4, -0.2) is 36.6 Å². The van der Waals surface area contributed by atoms with Gasteiger partial charge in [-0.15, -0.1) is 0 Å². The first-order valence-corrected chi connectivity index (χ1v) is 7.26. The van der Waals surface area contributed by atoms with Crippen LogP contribution in [0.15, 0.2) is 24.3 Å². The Morgan fingerprint density at radius 2 is 2.26 bits per heavy atom. The highest BCUT2D eigenvalue weighted by Gasteiger charge is 2.19. The number of nitrogens with zero attached hydrogens (tertiary/aromatic N) is 1. The average molecular weight is 278 g/mol. The molecular formula is C15H20ClN3. The van der Waals surface area contributed by atoms with E-state index in [0.29, 0.717) is 0 Å². The van der Waals surface area contributed by atoms with Gasteiger partial charge in [-0.05, 0) is 38.5 Å². The molecular weight excluding hydrogens is 258 g/mol. The zero-order valence-electron chi connectivity index (χ0n) is 11.2. The van der Waals surface area contributed by atoms with E-state index in [2.05, 4.69) is 34.4 Å². The van der Waals surface area contributed by atoms with Gasteiger partial charge >= 0.3 is 0 Å². The Kier molecular flexibility index (Phi) is 3.78. The summed E-state index contributed by atoms with van der Waals surface area (Å²) in [6, 6.07) is 8.18. The number of fused-ring (bicyclic) bond motifs is 1. The summed E-state index contributed by atoms with van der Waals surface area (Å²) in [4.78, 5) is 5.78. The van der Waals surface area contributed by atoms with Gasteiger partial charge in [-0.3, -0.25) is 0 Å². The number of likely N-dealkylation sites (tertiary alicyclic amines) is 1. The van der Waals surface area contributed by atoms with Crippen LogP contribution in [-0.2, 0) is 6.54 Å². The number of para-hydroxylation sites is 1. The topological polar surface area (TPSA) is 31.1 Å². The van der Waals surface area contributed by atoms with Crippen molar-refractivity contribution in [2.75, 3.05) is 26.7 Å². The summed E-state index contributed by atoms with van der Waals surface area (Å²) in [5, 5.41) is 5.49. The fraction of sp³-hybridized carbons (Fsp3) is 0.467. The fourth-order valence-electron chi connectivity index (χ4n) is 2.88. The van der Waals surface area contributed by atoms with E-state index in [9.17, 15) is 0 Å². The predicted octanol–water partition coefficient (Wildman–Crippen LogP) is 2.86. The van der Waals surface area contributed by atoms with Gasteiger partial charge in [-0.25, -0.2) is 0 Å². The smallest absolute Gasteiger partial charge is 0.0705 e. The first kappa shape index (κ1) is 13.0. The van der Waals surface area contributed by atoms with Gasteiger partial charge in [0.15, 0.2) is 0 Å². The van der Waals surface area contributed by atoms with Crippen LogP contribution in [0.2, 0.25) is 5.02 Å². The molecule has 1 unspecified atom stereocenters. The number of hydrogen-bond acceptors (Lipinski definition) is 2. The lowest BCUT2D eigenvalue weighted by molar-refractivity contribution is 0.388. The van der Waals surface area contributed by atoms with Crippen LogP contribution in [0, 0.1) is 5.92 Å². The van der Waals surface area contributed by atoms with Gasteiger partial charge < -0.3 is 15.2 Å². The van der Waals surface area contributed by atoms with Gasteiger partial charge in [0.1, 0.15) is 0 Å². The highest BCUT2D eigenvalue weighted by molar-refractivity contribution is 6.36. The first-order chi connectivity index (χ1) is 9.24. The molecule has 1 fully saturated rings. The summed E-state index contributed by atoms with van der Waals surface area (Å²) in [5.74, 6) is 0.771. The Morgan fingerprint density at radius 1 is 1.42 bits per heavy atom. The maximum atomic E-state index is 6.40. The Balaban J connectivity index is 1.61. The molecule has 2 N–H and O–H groups in total. The molecule has 0 amide bonds. The average Bonchev–Trinajstić information content (AvgIpc) is 2.96. The SMILES string of the molecule is CN1CCC(CNCc2[nH]c3ccccc3c2Cl)C1. The van der Waals surface area contributed by atoms with Crippen molar-refractivity contribution in [3.8, 4) is 0 Å². The fourth-order valence-corrected chi connectivity index (χ4v) is 3.16. The molecule has 1 saturated heterocycles. The molecule has 0 radical (unpaired) electrons. The number of aromatic nitrogens is 1. The standard InChI is InChI=1S/C15H20ClN3/c1-19-7-6-11(10-19)8-17-9-14-15(16)12-4-2-3-5-13(12)18-14/h2-5,11,17-18H,6-10H2,1H3. The first-order valence-electron chi connectivity index (χ1n) is 6.88. The number of hydrogen-bond donors (Lipinski definition) is 2. The second kappa shape index (κ2) is 5.53. The molecule has 19 heavy (non-hydrogen) atoms. The van der Waals surface area contributed by atoms with Crippen molar-refractivity contribution in [3.63, 3.8) is 0 Å². The number of aromatic amines is 1. The van der Waals surface area contributed by atoms with Gasteiger partial charge in [0, 0.05) is 29.7 Å². The third-order valence-electron chi connectivity index (χ3n) is 3.94. The minimum Gasteiger partial charge on any atom is -0.356 e. The van der Waals surface area contributed by atoms with Gasteiger partial charge in [0.2, 0.25) is 0 Å². The molecule has 0 saturated carbocycles. The Hall–Kier alpha value is -1.03. The lowest BCUT2D eigenvalue weighted by Gasteiger charge is -2.11. The Morgan fingerprint density at radius 3 is 3.00 bits per heavy atom. The highest BCUT2D eigenvalue weighted by atomic mass is 35.5. The largest absolute Gasteiger partial charge is 0.356 e. The maximum absolute atomic E-state index is 6.40. The van der Waals surface area contributed by atoms with Crippen molar-refractivity contribution in [1.82, 2.24) is 15.2 Å². The zero-order valence-corrected chi connectivity index (χ0v) is 12.0. The molecule has 102 valence electrons. The van der Waals surface area contributed by atoms with Crippen LogP contribution in [0.4, 0.5) is 0 Å². The van der Waals surface area contributed by atoms with Crippen LogP contribution >= 0.6 is 11.6 Å². The molecule has 1 aromatic carbocycles. The molecule has 3 nitrogen and oxygen atoms in total. The van der Waals surface area contributed by atoms with E-state index in [-0.39, 0.29) is 0 Å². The van der Waals surface area contributed by atoms with Crippen LogP contribution in [0.1, 0.15) is 12.1 Å². The summed E-state index contributed by atoms with van der Waals surface area (Å²) < 4.78 is 0. The molecule has 0 bridgehead atoms. The van der Waals surface area contributed by atoms with E-state index in [1.54, 1.807) is 0 Å². The summed E-state index contributed by atoms with van der Waals surface area (Å²) in [6.07, 6.45) is 1.30. The predicted molar refractivity (Wildman–Crippen MR) is 80.6 cm³/mol. The van der Waals surface area contributed by atoms with E-state index in [1.165, 1.54) is 19.5 Å². The molecule has 1 atom stereocenters. The number of rotatable bonds is 4. The molecule has 4 heteroatoms. The van der Waals surface area contributed by atoms with Crippen molar-refractivity contribution in [1.29, 1.82) is 0 Å². The van der Waals surface area contributed by atoms with E-state index < -0.39 is 0 Å². The minimum absolute atomic E-state index is 0.771. The lowest BCUT2D eigenvalue weighted by Crippen LogP contribution is -2.24. The molecule has 3 rings (SSSR count). The molecule has 1 aliphatic rings. The van der Waals surface area contributed by atoms with E-state index in [0.717, 1.165) is 40.6 Å². The van der Waals surface area contributed by atoms with E-state index >= 15 is 0 Å². The lowest BCUT2D eigenvalue weighted by atomic mass is 10.1. The van der Waals surface area contributed by atoms with Gasteiger partial charge in [0.05, 0.1) is 5.02 Å². The van der Waals surface area contributed by atoms with Crippen LogP contribution in [0.25, 0.3) is 10.9 Å². The molecule has 0 spiro atoms. The van der Waals surface area contributed by atoms with Gasteiger partial charge in [0.25, 0.3) is 0 Å². The second-order valence-corrected chi connectivity index (χ2v) is 5.89. The molecule has 2 aromatic rings. The molecule has 0 aliphatic carbocycles. The molecule has 2 heterocycles. The van der Waals surface area contributed by atoms with Gasteiger partial charge in [-0.1, -0.05) is 29.8 Å². The van der Waals surface area contributed by atoms with E-state index in [4.69, 9.17) is 11.6 Å². The third-order valence-corrected chi connectivity index (χ3v) is 4.37. The normalized spacial score (nSPS) is 20.4. The summed E-state index contributed by atoms with van der Waals surface area (Å²) in [6.45, 7) is 4.30. The summed E-state index contributed by atoms with van der Waals surface area (Å²) >= 11 is 6.40. The van der Waals surface area contributed by atoms with Crippen molar-refractivity contribution in [2.45, 2.75) is 13.0 Å². The van der Waals surface area contributed by atoms with E-state index in [1.807, 2.05) is 12.1 Å². The van der Waals surface area contributed by atoms with Crippen LogP contribution in [0.5, 0.6) is 0 Å². The minimum atomic E-state index is 0.771. The van der Waals surface area contributed by atoms with Crippen molar-refractivity contribution in [2.24, 2.45) is 5.92 Å². The number of nitrogens with one attached hydrogen (secondary N) is 2. The monoisotopic (exact) mass is 277 g/mol. The van der Waals surface area contributed by atoms with Crippen LogP contribution < -0.4 is 5.32 Å². The number of H-pyrrole nitrogens is 1. The maximum Gasteiger partial charge on any atom is 0.0705 e. The van der Waals surface area contributed by atoms with Crippen molar-refractivity contribution < 1.29 is 0 Å². The molecule has 1 aromatic heterocycles. The zero-order chi connectivity index (χ0) is 13.2. The third kappa shape index (κ3) is 2.78. The van der Waals surface area contributed by atoms with Crippen molar-refractivity contribution in [3.05, 3.63) is 35.0 Å². The summed E-state index contributed by atoms with van der Waals surface area (Å²) in [5.41, 5.74) is 2.21. The number of benzene rings is 1. The quantitative estimate of drug-likeness (QED) is 0.900. The van der Waals surface area contributed by atoms with Crippen molar-refractivity contribution >= 4 is 22.5 Å². The Labute approximate surface area is 118 Å². The molecule has 1 aliphatic heterocycles. The summed E-state index contributed by atoms with van der Waals surface area (Å²) in [7, 11) is 2.19.